The first-order chi connectivity index (χ1) is 7.71. The maximum Gasteiger partial charge on any atom is 0.416 e. The molecule has 94 valence electrons. The van der Waals surface area contributed by atoms with Gasteiger partial charge in [-0.3, -0.25) is 4.79 Å². The van der Waals surface area contributed by atoms with Crippen LogP contribution in [0.2, 0.25) is 5.02 Å². The monoisotopic (exact) mass is 264 g/mol. The van der Waals surface area contributed by atoms with Gasteiger partial charge in [0.2, 0.25) is 0 Å². The molecule has 0 fully saturated rings. The molecule has 1 nitrogen and oxygen atoms in total. The molecule has 1 aromatic rings. The van der Waals surface area contributed by atoms with Gasteiger partial charge in [0.25, 0.3) is 0 Å². The Morgan fingerprint density at radius 2 is 1.94 bits per heavy atom. The van der Waals surface area contributed by atoms with Crippen LogP contribution >= 0.6 is 11.6 Å². The summed E-state index contributed by atoms with van der Waals surface area (Å²) < 4.78 is 37.1. The molecule has 0 saturated heterocycles. The Labute approximate surface area is 103 Å². The summed E-state index contributed by atoms with van der Waals surface area (Å²) >= 11 is 5.69. The van der Waals surface area contributed by atoms with Gasteiger partial charge >= 0.3 is 6.18 Å². The second kappa shape index (κ2) is 5.08. The molecule has 0 aliphatic rings. The number of rotatable bonds is 3. The van der Waals surface area contributed by atoms with E-state index in [1.807, 2.05) is 13.8 Å². The lowest BCUT2D eigenvalue weighted by Gasteiger charge is -2.10. The van der Waals surface area contributed by atoms with Gasteiger partial charge in [0.1, 0.15) is 0 Å². The van der Waals surface area contributed by atoms with Gasteiger partial charge in [0.15, 0.2) is 5.78 Å². The van der Waals surface area contributed by atoms with Gasteiger partial charge in [-0.1, -0.05) is 25.4 Å². The number of Topliss-reactive ketones (excluding diaryl/α,β-unsaturated/α-hetero) is 1. The van der Waals surface area contributed by atoms with Gasteiger partial charge in [-0.2, -0.15) is 13.2 Å². The lowest BCUT2D eigenvalue weighted by molar-refractivity contribution is -0.137. The van der Waals surface area contributed by atoms with E-state index in [2.05, 4.69) is 0 Å². The molecular formula is C12H12ClF3O. The normalized spacial score (nSPS) is 11.9. The molecule has 0 amide bonds. The molecule has 1 aromatic carbocycles. The van der Waals surface area contributed by atoms with Crippen LogP contribution in [0.15, 0.2) is 18.2 Å². The van der Waals surface area contributed by atoms with Gasteiger partial charge in [0, 0.05) is 12.0 Å². The molecule has 0 aliphatic heterocycles. The Morgan fingerprint density at radius 3 is 2.35 bits per heavy atom. The topological polar surface area (TPSA) is 17.1 Å². The van der Waals surface area contributed by atoms with Crippen LogP contribution < -0.4 is 0 Å². The van der Waals surface area contributed by atoms with Crippen molar-refractivity contribution in [3.8, 4) is 0 Å². The number of alkyl halides is 3. The maximum absolute atomic E-state index is 12.4. The van der Waals surface area contributed by atoms with Crippen LogP contribution in [-0.2, 0) is 6.18 Å². The smallest absolute Gasteiger partial charge is 0.294 e. The molecule has 0 heterocycles. The fourth-order valence-corrected chi connectivity index (χ4v) is 1.68. The SMILES string of the molecule is CC(C)CC(=O)c1ccc(C(F)(F)F)cc1Cl. The van der Waals surface area contributed by atoms with E-state index in [4.69, 9.17) is 11.6 Å². The fourth-order valence-electron chi connectivity index (χ4n) is 1.40. The summed E-state index contributed by atoms with van der Waals surface area (Å²) in [5.74, 6) is -0.0976. The van der Waals surface area contributed by atoms with Gasteiger partial charge in [-0.25, -0.2) is 0 Å². The first-order valence-electron chi connectivity index (χ1n) is 5.11. The van der Waals surface area contributed by atoms with E-state index < -0.39 is 11.7 Å². The Kier molecular flexibility index (Phi) is 4.20. The second-order valence-electron chi connectivity index (χ2n) is 4.21. The molecule has 0 N–H and O–H groups in total. The highest BCUT2D eigenvalue weighted by molar-refractivity contribution is 6.34. The van der Waals surface area contributed by atoms with Crippen molar-refractivity contribution in [2.75, 3.05) is 0 Å². The summed E-state index contributed by atoms with van der Waals surface area (Å²) in [6.07, 6.45) is -4.17. The standard InChI is InChI=1S/C12H12ClF3O/c1-7(2)5-11(17)9-4-3-8(6-10(9)13)12(14,15)16/h3-4,6-7H,5H2,1-2H3. The Balaban J connectivity index is 3.02. The highest BCUT2D eigenvalue weighted by atomic mass is 35.5. The van der Waals surface area contributed by atoms with Crippen LogP contribution in [0.5, 0.6) is 0 Å². The maximum atomic E-state index is 12.4. The fraction of sp³-hybridized carbons (Fsp3) is 0.417. The zero-order valence-corrected chi connectivity index (χ0v) is 10.2. The van der Waals surface area contributed by atoms with E-state index in [0.717, 1.165) is 18.2 Å². The van der Waals surface area contributed by atoms with Gasteiger partial charge in [-0.05, 0) is 24.1 Å². The van der Waals surface area contributed by atoms with Gasteiger partial charge in [-0.15, -0.1) is 0 Å². The minimum atomic E-state index is -4.44. The minimum Gasteiger partial charge on any atom is -0.294 e. The van der Waals surface area contributed by atoms with Crippen molar-refractivity contribution in [3.05, 3.63) is 34.3 Å². The van der Waals surface area contributed by atoms with E-state index in [1.165, 1.54) is 0 Å². The summed E-state index contributed by atoms with van der Waals surface area (Å²) in [4.78, 5) is 11.7. The molecule has 0 atom stereocenters. The molecule has 1 rings (SSSR count). The number of hydrogen-bond donors (Lipinski definition) is 0. The zero-order chi connectivity index (χ0) is 13.2. The molecule has 0 aromatic heterocycles. The number of benzene rings is 1. The van der Waals surface area contributed by atoms with Crippen LogP contribution in [0.3, 0.4) is 0 Å². The van der Waals surface area contributed by atoms with E-state index >= 15 is 0 Å². The third-order valence-electron chi connectivity index (χ3n) is 2.19. The molecule has 0 spiro atoms. The zero-order valence-electron chi connectivity index (χ0n) is 9.44. The van der Waals surface area contributed by atoms with Crippen molar-refractivity contribution < 1.29 is 18.0 Å². The first kappa shape index (κ1) is 14.0. The van der Waals surface area contributed by atoms with Crippen molar-refractivity contribution >= 4 is 17.4 Å². The highest BCUT2D eigenvalue weighted by Crippen LogP contribution is 2.32. The third-order valence-corrected chi connectivity index (χ3v) is 2.50. The molecule has 0 unspecified atom stereocenters. The van der Waals surface area contributed by atoms with E-state index in [0.29, 0.717) is 0 Å². The predicted octanol–water partition coefficient (Wildman–Crippen LogP) is 4.59. The van der Waals surface area contributed by atoms with Crippen molar-refractivity contribution in [2.24, 2.45) is 5.92 Å². The number of carbonyl (C=O) groups is 1. The van der Waals surface area contributed by atoms with Gasteiger partial charge < -0.3 is 0 Å². The summed E-state index contributed by atoms with van der Waals surface area (Å²) in [5.41, 5.74) is -0.697. The van der Waals surface area contributed by atoms with E-state index in [-0.39, 0.29) is 28.7 Å². The van der Waals surface area contributed by atoms with E-state index in [1.54, 1.807) is 0 Å². The van der Waals surface area contributed by atoms with Crippen LogP contribution in [0.4, 0.5) is 13.2 Å². The molecular weight excluding hydrogens is 253 g/mol. The average molecular weight is 265 g/mol. The molecule has 0 radical (unpaired) electrons. The number of hydrogen-bond acceptors (Lipinski definition) is 1. The summed E-state index contributed by atoms with van der Waals surface area (Å²) in [6.45, 7) is 3.71. The largest absolute Gasteiger partial charge is 0.416 e. The molecule has 0 saturated carbocycles. The highest BCUT2D eigenvalue weighted by Gasteiger charge is 2.31. The molecule has 17 heavy (non-hydrogen) atoms. The van der Waals surface area contributed by atoms with E-state index in [9.17, 15) is 18.0 Å². The van der Waals surface area contributed by atoms with Crippen LogP contribution in [0.1, 0.15) is 36.2 Å². The van der Waals surface area contributed by atoms with Crippen LogP contribution in [0.25, 0.3) is 0 Å². The Bertz CT molecular complexity index is 424. The molecule has 5 heteroatoms. The predicted molar refractivity (Wildman–Crippen MR) is 60.2 cm³/mol. The van der Waals surface area contributed by atoms with Gasteiger partial charge in [0.05, 0.1) is 10.6 Å². The number of halogens is 4. The summed E-state index contributed by atoms with van der Waals surface area (Å²) in [5, 5.41) is -0.148. The average Bonchev–Trinajstić information content (AvgIpc) is 2.14. The van der Waals surface area contributed by atoms with Crippen molar-refractivity contribution in [1.29, 1.82) is 0 Å². The lowest BCUT2D eigenvalue weighted by Crippen LogP contribution is -2.08. The number of ketones is 1. The quantitative estimate of drug-likeness (QED) is 0.730. The van der Waals surface area contributed by atoms with Crippen LogP contribution in [-0.4, -0.2) is 5.78 Å². The molecule has 0 aliphatic carbocycles. The minimum absolute atomic E-state index is 0.140. The number of carbonyl (C=O) groups excluding carboxylic acids is 1. The summed E-state index contributed by atoms with van der Waals surface area (Å²) in [6, 6.07) is 2.80. The third kappa shape index (κ3) is 3.73. The lowest BCUT2D eigenvalue weighted by atomic mass is 10.00. The first-order valence-corrected chi connectivity index (χ1v) is 5.49. The van der Waals surface area contributed by atoms with Crippen LogP contribution in [0, 0.1) is 5.92 Å². The van der Waals surface area contributed by atoms with Crippen molar-refractivity contribution in [3.63, 3.8) is 0 Å². The molecule has 0 bridgehead atoms. The van der Waals surface area contributed by atoms with Crippen molar-refractivity contribution in [1.82, 2.24) is 0 Å². The van der Waals surface area contributed by atoms with Crippen molar-refractivity contribution in [2.45, 2.75) is 26.4 Å². The Hall–Kier alpha value is -1.03. The second-order valence-corrected chi connectivity index (χ2v) is 4.62. The summed E-state index contributed by atoms with van der Waals surface area (Å²) in [7, 11) is 0. The Morgan fingerprint density at radius 1 is 1.35 bits per heavy atom.